The summed E-state index contributed by atoms with van der Waals surface area (Å²) in [5.74, 6) is 3.26. The number of nitrogens with one attached hydrogen (secondary N) is 2. The van der Waals surface area contributed by atoms with Crippen molar-refractivity contribution < 1.29 is 9.47 Å². The van der Waals surface area contributed by atoms with Gasteiger partial charge in [-0.2, -0.15) is 5.10 Å². The Morgan fingerprint density at radius 1 is 1.35 bits per heavy atom. The third-order valence-corrected chi connectivity index (χ3v) is 4.34. The van der Waals surface area contributed by atoms with Crippen LogP contribution >= 0.6 is 0 Å². The van der Waals surface area contributed by atoms with E-state index in [1.165, 1.54) is 0 Å². The molecule has 1 aliphatic rings. The van der Waals surface area contributed by atoms with Crippen LogP contribution in [0.4, 0.5) is 5.82 Å². The summed E-state index contributed by atoms with van der Waals surface area (Å²) in [7, 11) is 3.35. The van der Waals surface area contributed by atoms with E-state index in [1.807, 2.05) is 29.1 Å². The van der Waals surface area contributed by atoms with Gasteiger partial charge in [-0.05, 0) is 13.0 Å². The van der Waals surface area contributed by atoms with Crippen LogP contribution in [-0.4, -0.2) is 37.1 Å². The van der Waals surface area contributed by atoms with Crippen LogP contribution in [0.15, 0.2) is 30.5 Å². The quantitative estimate of drug-likeness (QED) is 0.856. The van der Waals surface area contributed by atoms with E-state index in [0.29, 0.717) is 5.92 Å². The maximum atomic E-state index is 5.49. The standard InChI is InChI=1S/C17H24N4O2/c1-12(15-5-4-14(22-2)8-16(15)23-3)18-9-13-10-19-17-6-7-20-21(17)11-13/h4-8,12-13,18-19H,9-11H2,1-3H3/t12-,13+/m0/s1. The summed E-state index contributed by atoms with van der Waals surface area (Å²) in [4.78, 5) is 0. The van der Waals surface area contributed by atoms with Gasteiger partial charge >= 0.3 is 0 Å². The van der Waals surface area contributed by atoms with Gasteiger partial charge in [0.05, 0.1) is 20.4 Å². The Kier molecular flexibility index (Phi) is 4.71. The van der Waals surface area contributed by atoms with E-state index >= 15 is 0 Å². The molecule has 6 nitrogen and oxygen atoms in total. The van der Waals surface area contributed by atoms with Crippen LogP contribution in [0.1, 0.15) is 18.5 Å². The molecule has 0 saturated carbocycles. The number of rotatable bonds is 6. The van der Waals surface area contributed by atoms with Crippen LogP contribution in [0.2, 0.25) is 0 Å². The van der Waals surface area contributed by atoms with Gasteiger partial charge in [-0.25, -0.2) is 4.68 Å². The molecule has 1 aromatic heterocycles. The van der Waals surface area contributed by atoms with Crippen molar-refractivity contribution in [1.29, 1.82) is 0 Å². The van der Waals surface area contributed by atoms with Gasteiger partial charge in [-0.3, -0.25) is 0 Å². The van der Waals surface area contributed by atoms with Crippen molar-refractivity contribution in [3.8, 4) is 11.5 Å². The van der Waals surface area contributed by atoms with Gasteiger partial charge in [0.1, 0.15) is 17.3 Å². The van der Waals surface area contributed by atoms with Crippen LogP contribution < -0.4 is 20.1 Å². The fourth-order valence-electron chi connectivity index (χ4n) is 2.95. The van der Waals surface area contributed by atoms with Gasteiger partial charge in [0.2, 0.25) is 0 Å². The van der Waals surface area contributed by atoms with Crippen LogP contribution in [0.5, 0.6) is 11.5 Å². The van der Waals surface area contributed by atoms with Gasteiger partial charge in [0.15, 0.2) is 0 Å². The first kappa shape index (κ1) is 15.7. The van der Waals surface area contributed by atoms with Gasteiger partial charge in [0, 0.05) is 49.3 Å². The molecular weight excluding hydrogens is 292 g/mol. The predicted octanol–water partition coefficient (Wildman–Crippen LogP) is 2.29. The fourth-order valence-corrected chi connectivity index (χ4v) is 2.95. The zero-order chi connectivity index (χ0) is 16.2. The lowest BCUT2D eigenvalue weighted by Gasteiger charge is -2.27. The van der Waals surface area contributed by atoms with E-state index in [-0.39, 0.29) is 6.04 Å². The molecule has 0 amide bonds. The predicted molar refractivity (Wildman–Crippen MR) is 90.2 cm³/mol. The smallest absolute Gasteiger partial charge is 0.127 e. The highest BCUT2D eigenvalue weighted by atomic mass is 16.5. The molecule has 6 heteroatoms. The van der Waals surface area contributed by atoms with E-state index in [9.17, 15) is 0 Å². The lowest BCUT2D eigenvalue weighted by Crippen LogP contribution is -2.36. The summed E-state index contributed by atoms with van der Waals surface area (Å²) in [5.41, 5.74) is 1.14. The largest absolute Gasteiger partial charge is 0.497 e. The molecule has 0 bridgehead atoms. The minimum atomic E-state index is 0.204. The molecule has 0 saturated heterocycles. The molecular formula is C17H24N4O2. The molecule has 0 fully saturated rings. The highest BCUT2D eigenvalue weighted by Gasteiger charge is 2.19. The molecule has 0 aliphatic carbocycles. The number of methoxy groups -OCH3 is 2. The third-order valence-electron chi connectivity index (χ3n) is 4.34. The number of anilines is 1. The SMILES string of the molecule is COc1ccc([C@H](C)NC[C@@H]2CNc3ccnn3C2)c(OC)c1. The zero-order valence-electron chi connectivity index (χ0n) is 13.9. The molecule has 3 rings (SSSR count). The van der Waals surface area contributed by atoms with E-state index in [1.54, 1.807) is 14.2 Å². The minimum Gasteiger partial charge on any atom is -0.497 e. The monoisotopic (exact) mass is 316 g/mol. The summed E-state index contributed by atoms with van der Waals surface area (Å²) in [6, 6.07) is 8.16. The average Bonchev–Trinajstić information content (AvgIpc) is 3.06. The number of benzene rings is 1. The first-order valence-electron chi connectivity index (χ1n) is 7.92. The Bertz CT molecular complexity index is 656. The van der Waals surface area contributed by atoms with Crippen molar-refractivity contribution >= 4 is 5.82 Å². The molecule has 1 aliphatic heterocycles. The van der Waals surface area contributed by atoms with Crippen molar-refractivity contribution in [2.45, 2.75) is 19.5 Å². The first-order chi connectivity index (χ1) is 11.2. The molecule has 0 radical (unpaired) electrons. The Morgan fingerprint density at radius 2 is 2.22 bits per heavy atom. The Labute approximate surface area is 136 Å². The molecule has 0 unspecified atom stereocenters. The number of hydrogen-bond donors (Lipinski definition) is 2. The lowest BCUT2D eigenvalue weighted by atomic mass is 10.0. The summed E-state index contributed by atoms with van der Waals surface area (Å²) in [6.45, 7) is 4.97. The number of aromatic nitrogens is 2. The maximum absolute atomic E-state index is 5.49. The minimum absolute atomic E-state index is 0.204. The summed E-state index contributed by atoms with van der Waals surface area (Å²) < 4.78 is 12.8. The first-order valence-corrected chi connectivity index (χ1v) is 7.92. The summed E-state index contributed by atoms with van der Waals surface area (Å²) in [5, 5.41) is 11.3. The van der Waals surface area contributed by atoms with E-state index in [0.717, 1.165) is 42.5 Å². The van der Waals surface area contributed by atoms with Crippen molar-refractivity contribution in [3.05, 3.63) is 36.0 Å². The third kappa shape index (κ3) is 3.42. The van der Waals surface area contributed by atoms with Crippen molar-refractivity contribution in [2.24, 2.45) is 5.92 Å². The number of nitrogens with zero attached hydrogens (tertiary/aromatic N) is 2. The molecule has 2 aromatic rings. The topological polar surface area (TPSA) is 60.3 Å². The van der Waals surface area contributed by atoms with Gasteiger partial charge in [-0.15, -0.1) is 0 Å². The van der Waals surface area contributed by atoms with Gasteiger partial charge in [-0.1, -0.05) is 6.07 Å². The summed E-state index contributed by atoms with van der Waals surface area (Å²) >= 11 is 0. The lowest BCUT2D eigenvalue weighted by molar-refractivity contribution is 0.364. The number of hydrogen-bond acceptors (Lipinski definition) is 5. The fraction of sp³-hybridized carbons (Fsp3) is 0.471. The highest BCUT2D eigenvalue weighted by Crippen LogP contribution is 2.29. The van der Waals surface area contributed by atoms with Crippen molar-refractivity contribution in [1.82, 2.24) is 15.1 Å². The molecule has 2 heterocycles. The molecule has 23 heavy (non-hydrogen) atoms. The highest BCUT2D eigenvalue weighted by molar-refractivity contribution is 5.42. The van der Waals surface area contributed by atoms with Gasteiger partial charge in [0.25, 0.3) is 0 Å². The second kappa shape index (κ2) is 6.91. The average molecular weight is 316 g/mol. The van der Waals surface area contributed by atoms with Crippen LogP contribution in [-0.2, 0) is 6.54 Å². The van der Waals surface area contributed by atoms with E-state index in [4.69, 9.17) is 9.47 Å². The second-order valence-corrected chi connectivity index (χ2v) is 5.88. The Morgan fingerprint density at radius 3 is 3.00 bits per heavy atom. The number of ether oxygens (including phenoxy) is 2. The molecule has 2 atom stereocenters. The molecule has 124 valence electrons. The zero-order valence-corrected chi connectivity index (χ0v) is 13.9. The summed E-state index contributed by atoms with van der Waals surface area (Å²) in [6.07, 6.45) is 1.84. The van der Waals surface area contributed by atoms with Crippen molar-refractivity contribution in [2.75, 3.05) is 32.6 Å². The van der Waals surface area contributed by atoms with Crippen molar-refractivity contribution in [3.63, 3.8) is 0 Å². The molecule has 1 aromatic carbocycles. The van der Waals surface area contributed by atoms with Crippen LogP contribution in [0, 0.1) is 5.92 Å². The van der Waals surface area contributed by atoms with E-state index in [2.05, 4.69) is 28.7 Å². The van der Waals surface area contributed by atoms with Gasteiger partial charge < -0.3 is 20.1 Å². The van der Waals surface area contributed by atoms with Crippen LogP contribution in [0.25, 0.3) is 0 Å². The van der Waals surface area contributed by atoms with E-state index < -0.39 is 0 Å². The normalized spacial score (nSPS) is 18.0. The molecule has 0 spiro atoms. The number of fused-ring (bicyclic) bond motifs is 1. The second-order valence-electron chi connectivity index (χ2n) is 5.88. The van der Waals surface area contributed by atoms with Crippen LogP contribution in [0.3, 0.4) is 0 Å². The Hall–Kier alpha value is -2.21. The molecule has 2 N–H and O–H groups in total. The Balaban J connectivity index is 1.60. The maximum Gasteiger partial charge on any atom is 0.127 e.